The van der Waals surface area contributed by atoms with Gasteiger partial charge in [0, 0.05) is 31.1 Å². The molecule has 3 nitrogen and oxygen atoms in total. The summed E-state index contributed by atoms with van der Waals surface area (Å²) >= 11 is 6.61. The van der Waals surface area contributed by atoms with E-state index in [1.165, 1.54) is 12.3 Å². The molecule has 1 aromatic rings. The Hall–Kier alpha value is -1.28. The highest BCUT2D eigenvalue weighted by atomic mass is 35.5. The maximum atomic E-state index is 13.3. The highest BCUT2D eigenvalue weighted by Gasteiger charge is 2.37. The summed E-state index contributed by atoms with van der Waals surface area (Å²) < 4.78 is 50.1. The van der Waals surface area contributed by atoms with Gasteiger partial charge in [0.25, 0.3) is 5.78 Å². The molecule has 0 radical (unpaired) electrons. The lowest BCUT2D eigenvalue weighted by Crippen LogP contribution is -2.23. The summed E-state index contributed by atoms with van der Waals surface area (Å²) in [5.74, 6) is -2.05. The maximum Gasteiger partial charge on any atom is 0.454 e. The Morgan fingerprint density at radius 2 is 2.24 bits per heavy atom. The number of hydrogen-bond donors (Lipinski definition) is 0. The van der Waals surface area contributed by atoms with Crippen LogP contribution in [0.25, 0.3) is 0 Å². The van der Waals surface area contributed by atoms with Gasteiger partial charge >= 0.3 is 6.18 Å². The van der Waals surface area contributed by atoms with Crippen LogP contribution in [-0.4, -0.2) is 34.1 Å². The molecule has 0 atom stereocenters. The van der Waals surface area contributed by atoms with Crippen molar-refractivity contribution in [1.82, 2.24) is 9.88 Å². The second-order valence-corrected chi connectivity index (χ2v) is 5.70. The minimum absolute atomic E-state index is 0.158. The molecule has 21 heavy (non-hydrogen) atoms. The number of rotatable bonds is 3. The lowest BCUT2D eigenvalue weighted by atomic mass is 10.2. The molecule has 1 aliphatic heterocycles. The van der Waals surface area contributed by atoms with Crippen molar-refractivity contribution < 1.29 is 22.4 Å². The van der Waals surface area contributed by atoms with E-state index >= 15 is 0 Å². The van der Waals surface area contributed by atoms with Gasteiger partial charge in [-0.25, -0.2) is 9.37 Å². The van der Waals surface area contributed by atoms with Gasteiger partial charge in [-0.15, -0.1) is 11.8 Å². The first kappa shape index (κ1) is 16.1. The fraction of sp³-hybridized carbons (Fsp3) is 0.333. The third-order valence-corrected chi connectivity index (χ3v) is 4.02. The van der Waals surface area contributed by atoms with Crippen molar-refractivity contribution in [3.63, 3.8) is 0 Å². The predicted octanol–water partition coefficient (Wildman–Crippen LogP) is 3.40. The van der Waals surface area contributed by atoms with Gasteiger partial charge in [-0.1, -0.05) is 11.6 Å². The Bertz CT molecular complexity index is 591. The number of pyridine rings is 1. The van der Waals surface area contributed by atoms with Crippen LogP contribution in [0.15, 0.2) is 23.4 Å². The van der Waals surface area contributed by atoms with Gasteiger partial charge in [0.05, 0.1) is 5.03 Å². The van der Waals surface area contributed by atoms with Crippen molar-refractivity contribution in [3.05, 3.63) is 39.9 Å². The number of allylic oxidation sites excluding steroid dienone is 1. The molecule has 0 saturated carbocycles. The number of alkyl halides is 3. The van der Waals surface area contributed by atoms with Gasteiger partial charge in [-0.05, 0) is 11.6 Å². The zero-order valence-electron chi connectivity index (χ0n) is 10.5. The Labute approximate surface area is 127 Å². The van der Waals surface area contributed by atoms with Gasteiger partial charge in [-0.3, -0.25) is 4.79 Å². The fourth-order valence-corrected chi connectivity index (χ4v) is 2.87. The number of carbonyl (C=O) groups excluding carboxylic acids is 1. The number of nitrogens with zero attached hydrogens (tertiary/aromatic N) is 2. The monoisotopic (exact) mass is 340 g/mol. The largest absolute Gasteiger partial charge is 0.454 e. The molecule has 114 valence electrons. The molecular formula is C12H9ClF4N2OS. The van der Waals surface area contributed by atoms with Crippen LogP contribution in [0.5, 0.6) is 0 Å². The summed E-state index contributed by atoms with van der Waals surface area (Å²) in [4.78, 5) is 16.2. The van der Waals surface area contributed by atoms with E-state index in [-0.39, 0.29) is 16.7 Å². The fourth-order valence-electron chi connectivity index (χ4n) is 1.71. The van der Waals surface area contributed by atoms with Crippen LogP contribution >= 0.6 is 23.4 Å². The average molecular weight is 341 g/mol. The molecular weight excluding hydrogens is 332 g/mol. The van der Waals surface area contributed by atoms with Crippen LogP contribution < -0.4 is 0 Å². The highest BCUT2D eigenvalue weighted by molar-refractivity contribution is 8.03. The van der Waals surface area contributed by atoms with E-state index in [2.05, 4.69) is 4.98 Å². The Morgan fingerprint density at radius 3 is 2.86 bits per heavy atom. The summed E-state index contributed by atoms with van der Waals surface area (Å²) in [5, 5.41) is -0.0507. The Balaban J connectivity index is 2.14. The van der Waals surface area contributed by atoms with Crippen LogP contribution in [0.3, 0.4) is 0 Å². The smallest absolute Gasteiger partial charge is 0.361 e. The molecule has 1 aromatic heterocycles. The molecule has 2 heterocycles. The highest BCUT2D eigenvalue weighted by Crippen LogP contribution is 2.31. The molecule has 0 N–H and O–H groups in total. The van der Waals surface area contributed by atoms with Crippen molar-refractivity contribution >= 4 is 29.1 Å². The number of aromatic nitrogens is 1. The first-order chi connectivity index (χ1) is 9.77. The van der Waals surface area contributed by atoms with E-state index in [0.717, 1.165) is 11.8 Å². The molecule has 2 rings (SSSR count). The molecule has 1 fully saturated rings. The first-order valence-electron chi connectivity index (χ1n) is 5.78. The van der Waals surface area contributed by atoms with E-state index in [1.807, 2.05) is 0 Å². The molecule has 9 heteroatoms. The summed E-state index contributed by atoms with van der Waals surface area (Å²) in [6.07, 6.45) is -2.98. The number of ketones is 1. The summed E-state index contributed by atoms with van der Waals surface area (Å²) in [5.41, 5.74) is 0.463. The normalized spacial score (nSPS) is 17.6. The Kier molecular flexibility index (Phi) is 4.77. The zero-order valence-corrected chi connectivity index (χ0v) is 12.0. The minimum atomic E-state index is -4.89. The number of carbonyl (C=O) groups is 1. The quantitative estimate of drug-likeness (QED) is 0.480. The van der Waals surface area contributed by atoms with Crippen LogP contribution in [0.4, 0.5) is 17.6 Å². The van der Waals surface area contributed by atoms with Crippen molar-refractivity contribution in [1.29, 1.82) is 0 Å². The molecule has 1 saturated heterocycles. The topological polar surface area (TPSA) is 33.2 Å². The van der Waals surface area contributed by atoms with Gasteiger partial charge in [0.1, 0.15) is 0 Å². The van der Waals surface area contributed by atoms with E-state index in [1.54, 1.807) is 4.90 Å². The van der Waals surface area contributed by atoms with E-state index in [4.69, 9.17) is 11.6 Å². The Morgan fingerprint density at radius 1 is 1.52 bits per heavy atom. The number of halogens is 5. The maximum absolute atomic E-state index is 13.3. The third kappa shape index (κ3) is 4.10. The molecule has 0 aromatic carbocycles. The van der Waals surface area contributed by atoms with Crippen LogP contribution in [0.1, 0.15) is 5.56 Å². The second kappa shape index (κ2) is 6.23. The number of thioether (sulfide) groups is 1. The molecule has 1 aliphatic rings. The van der Waals surface area contributed by atoms with Crippen LogP contribution in [-0.2, 0) is 11.3 Å². The minimum Gasteiger partial charge on any atom is -0.361 e. The molecule has 0 aliphatic carbocycles. The third-order valence-electron chi connectivity index (χ3n) is 2.68. The van der Waals surface area contributed by atoms with E-state index in [9.17, 15) is 22.4 Å². The lowest BCUT2D eigenvalue weighted by Gasteiger charge is -2.19. The average Bonchev–Trinajstić information content (AvgIpc) is 2.80. The second-order valence-electron chi connectivity index (χ2n) is 4.23. The van der Waals surface area contributed by atoms with Crippen molar-refractivity contribution in [2.75, 3.05) is 12.3 Å². The molecule has 0 amide bonds. The summed E-state index contributed by atoms with van der Waals surface area (Å²) in [7, 11) is 0. The van der Waals surface area contributed by atoms with Crippen molar-refractivity contribution in [2.24, 2.45) is 0 Å². The van der Waals surface area contributed by atoms with Crippen LogP contribution in [0.2, 0.25) is 5.15 Å². The zero-order chi connectivity index (χ0) is 15.6. The first-order valence-corrected chi connectivity index (χ1v) is 7.14. The van der Waals surface area contributed by atoms with Gasteiger partial charge in [-0.2, -0.15) is 13.2 Å². The van der Waals surface area contributed by atoms with Gasteiger partial charge in [0.15, 0.2) is 11.0 Å². The van der Waals surface area contributed by atoms with Crippen molar-refractivity contribution in [3.8, 4) is 0 Å². The van der Waals surface area contributed by atoms with Crippen molar-refractivity contribution in [2.45, 2.75) is 12.7 Å². The summed E-state index contributed by atoms with van der Waals surface area (Å²) in [6, 6.07) is 1.17. The van der Waals surface area contributed by atoms with Crippen LogP contribution in [0, 0.1) is 5.82 Å². The van der Waals surface area contributed by atoms with Gasteiger partial charge in [0.2, 0.25) is 0 Å². The van der Waals surface area contributed by atoms with E-state index in [0.29, 0.717) is 23.9 Å². The predicted molar refractivity (Wildman–Crippen MR) is 71.2 cm³/mol. The number of hydrogen-bond acceptors (Lipinski definition) is 4. The molecule has 0 unspecified atom stereocenters. The van der Waals surface area contributed by atoms with E-state index < -0.39 is 17.8 Å². The molecule has 0 bridgehead atoms. The SMILES string of the molecule is O=C(/C=C1\SCCN1Cc1cnc(Cl)c(F)c1)C(F)(F)F. The lowest BCUT2D eigenvalue weighted by molar-refractivity contribution is -0.165. The standard InChI is InChI=1S/C12H9ClF4N2OS/c13-11-8(14)3-7(5-18-11)6-19-1-2-21-10(19)4-9(20)12(15,16)17/h3-5H,1-2,6H2/b10-4-. The molecule has 0 spiro atoms. The van der Waals surface area contributed by atoms with Gasteiger partial charge < -0.3 is 4.90 Å². The summed E-state index contributed by atoms with van der Waals surface area (Å²) in [6.45, 7) is 0.622.